The zero-order valence-corrected chi connectivity index (χ0v) is 24.3. The Morgan fingerprint density at radius 1 is 0.975 bits per heavy atom. The zero-order valence-electron chi connectivity index (χ0n) is 24.3. The normalized spacial score (nSPS) is 18.7. The predicted molar refractivity (Wildman–Crippen MR) is 154 cm³/mol. The smallest absolute Gasteiger partial charge is 0.254 e. The molecule has 2 unspecified atom stereocenters. The molecule has 0 radical (unpaired) electrons. The highest BCUT2D eigenvalue weighted by molar-refractivity contribution is 6.00. The predicted octanol–water partition coefficient (Wildman–Crippen LogP) is 5.49. The number of rotatable bonds is 12. The van der Waals surface area contributed by atoms with Crippen molar-refractivity contribution in [1.82, 2.24) is 9.80 Å². The largest absolute Gasteiger partial charge is 0.390 e. The average molecular weight is 558 g/mol. The fourth-order valence-electron chi connectivity index (χ4n) is 5.79. The molecule has 0 saturated heterocycles. The molecule has 1 saturated carbocycles. The number of nitrogens with zero attached hydrogens (tertiary/aromatic N) is 2. The minimum absolute atomic E-state index is 0.00972. The second-order valence-corrected chi connectivity index (χ2v) is 11.5. The lowest BCUT2D eigenvalue weighted by molar-refractivity contribution is 0.0368. The van der Waals surface area contributed by atoms with Gasteiger partial charge in [-0.2, -0.15) is 0 Å². The molecule has 4 atom stereocenters. The van der Waals surface area contributed by atoms with Crippen molar-refractivity contribution < 1.29 is 23.5 Å². The summed E-state index contributed by atoms with van der Waals surface area (Å²) in [4.78, 5) is 30.9. The molecule has 8 heteroatoms. The van der Waals surface area contributed by atoms with Crippen LogP contribution in [0, 0.1) is 24.5 Å². The molecular formula is C32H45F2N3O3. The average Bonchev–Trinajstić information content (AvgIpc) is 2.89. The first kappa shape index (κ1) is 31.7. The number of hydrogen-bond acceptors (Lipinski definition) is 4. The maximum Gasteiger partial charge on any atom is 0.254 e. The van der Waals surface area contributed by atoms with Crippen molar-refractivity contribution in [1.29, 1.82) is 0 Å². The molecule has 2 aromatic carbocycles. The summed E-state index contributed by atoms with van der Waals surface area (Å²) in [7, 11) is 0. The molecule has 0 aromatic heterocycles. The van der Waals surface area contributed by atoms with E-state index in [1.54, 1.807) is 17.0 Å². The highest BCUT2D eigenvalue weighted by atomic mass is 19.1. The van der Waals surface area contributed by atoms with Gasteiger partial charge in [-0.1, -0.05) is 33.6 Å². The van der Waals surface area contributed by atoms with Gasteiger partial charge in [0, 0.05) is 48.9 Å². The van der Waals surface area contributed by atoms with E-state index in [0.29, 0.717) is 35.7 Å². The first-order chi connectivity index (χ1) is 19.0. The number of carbonyl (C=O) groups is 2. The number of halogens is 2. The van der Waals surface area contributed by atoms with Crippen LogP contribution in [-0.2, 0) is 6.42 Å². The standard InChI is InChI=1S/C32H45F2N3O3/c1-5-10-36(11-6-2)31(39)24-12-22(4)13-25(18-24)32(40)37(28-9-7-8-21(3)14-28)20-30(38)29(35)17-23-15-26(33)19-27(34)16-23/h12-13,15-16,18-19,21,28-30,38H,5-11,14,17,20,35H2,1-4H3/t21?,28?,29-,30+/m0/s1. The Morgan fingerprint density at radius 2 is 1.57 bits per heavy atom. The lowest BCUT2D eigenvalue weighted by Crippen LogP contribution is -2.51. The van der Waals surface area contributed by atoms with Gasteiger partial charge in [0.1, 0.15) is 11.6 Å². The SMILES string of the molecule is CCCN(CCC)C(=O)c1cc(C)cc(C(=O)N(C[C@@H](O)[C@@H](N)Cc2cc(F)cc(F)c2)C2CCCC(C)C2)c1. The molecule has 220 valence electrons. The van der Waals surface area contributed by atoms with Gasteiger partial charge in [0.05, 0.1) is 6.10 Å². The second-order valence-electron chi connectivity index (χ2n) is 11.5. The van der Waals surface area contributed by atoms with Crippen molar-refractivity contribution in [3.05, 3.63) is 70.3 Å². The summed E-state index contributed by atoms with van der Waals surface area (Å²) < 4.78 is 27.4. The molecule has 1 fully saturated rings. The van der Waals surface area contributed by atoms with Crippen LogP contribution in [0.25, 0.3) is 0 Å². The van der Waals surface area contributed by atoms with Crippen LogP contribution >= 0.6 is 0 Å². The van der Waals surface area contributed by atoms with Crippen LogP contribution in [0.4, 0.5) is 8.78 Å². The summed E-state index contributed by atoms with van der Waals surface area (Å²) in [6, 6.07) is 7.54. The van der Waals surface area contributed by atoms with E-state index in [1.807, 2.05) is 31.7 Å². The number of aliphatic hydroxyl groups is 1. The van der Waals surface area contributed by atoms with Gasteiger partial charge < -0.3 is 20.6 Å². The molecule has 1 aliphatic carbocycles. The van der Waals surface area contributed by atoms with Crippen molar-refractivity contribution in [2.24, 2.45) is 11.7 Å². The third-order valence-electron chi connectivity index (χ3n) is 7.73. The fourth-order valence-corrected chi connectivity index (χ4v) is 5.79. The zero-order chi connectivity index (χ0) is 29.4. The second kappa shape index (κ2) is 14.7. The maximum atomic E-state index is 14.1. The molecule has 2 aromatic rings. The Morgan fingerprint density at radius 3 is 2.15 bits per heavy atom. The number of hydrogen-bond donors (Lipinski definition) is 2. The van der Waals surface area contributed by atoms with E-state index < -0.39 is 23.8 Å². The van der Waals surface area contributed by atoms with Crippen molar-refractivity contribution in [3.63, 3.8) is 0 Å². The quantitative estimate of drug-likeness (QED) is 0.362. The van der Waals surface area contributed by atoms with Crippen LogP contribution in [0.2, 0.25) is 0 Å². The van der Waals surface area contributed by atoms with Crippen molar-refractivity contribution in [3.8, 4) is 0 Å². The van der Waals surface area contributed by atoms with Crippen LogP contribution in [-0.4, -0.2) is 64.5 Å². The first-order valence-corrected chi connectivity index (χ1v) is 14.6. The molecule has 2 amide bonds. The monoisotopic (exact) mass is 557 g/mol. The van der Waals surface area contributed by atoms with E-state index in [-0.39, 0.29) is 30.8 Å². The van der Waals surface area contributed by atoms with E-state index in [4.69, 9.17) is 5.73 Å². The van der Waals surface area contributed by atoms with Crippen molar-refractivity contribution >= 4 is 11.8 Å². The van der Waals surface area contributed by atoms with Gasteiger partial charge in [-0.3, -0.25) is 9.59 Å². The van der Waals surface area contributed by atoms with Crippen LogP contribution in [0.15, 0.2) is 36.4 Å². The molecule has 40 heavy (non-hydrogen) atoms. The number of benzene rings is 2. The summed E-state index contributed by atoms with van der Waals surface area (Å²) in [5.41, 5.74) is 8.33. The van der Waals surface area contributed by atoms with Gasteiger partial charge in [0.2, 0.25) is 0 Å². The van der Waals surface area contributed by atoms with Crippen LogP contribution in [0.5, 0.6) is 0 Å². The minimum atomic E-state index is -1.11. The number of aliphatic hydroxyl groups excluding tert-OH is 1. The summed E-state index contributed by atoms with van der Waals surface area (Å²) >= 11 is 0. The number of amides is 2. The van der Waals surface area contributed by atoms with Crippen molar-refractivity contribution in [2.45, 2.75) is 90.8 Å². The first-order valence-electron chi connectivity index (χ1n) is 14.6. The summed E-state index contributed by atoms with van der Waals surface area (Å²) in [5.74, 6) is -1.32. The van der Waals surface area contributed by atoms with Gasteiger partial charge in [0.15, 0.2) is 0 Å². The third-order valence-corrected chi connectivity index (χ3v) is 7.73. The summed E-state index contributed by atoms with van der Waals surface area (Å²) in [6.07, 6.45) is 4.32. The van der Waals surface area contributed by atoms with E-state index in [1.165, 1.54) is 12.1 Å². The third kappa shape index (κ3) is 8.58. The molecular weight excluding hydrogens is 512 g/mol. The Balaban J connectivity index is 1.87. The minimum Gasteiger partial charge on any atom is -0.390 e. The van der Waals surface area contributed by atoms with E-state index in [9.17, 15) is 23.5 Å². The van der Waals surface area contributed by atoms with Crippen LogP contribution in [0.3, 0.4) is 0 Å². The van der Waals surface area contributed by atoms with Crippen LogP contribution in [0.1, 0.15) is 91.1 Å². The van der Waals surface area contributed by atoms with Gasteiger partial charge >= 0.3 is 0 Å². The lowest BCUT2D eigenvalue weighted by atomic mass is 9.85. The highest BCUT2D eigenvalue weighted by Crippen LogP contribution is 2.29. The Labute approximate surface area is 237 Å². The van der Waals surface area contributed by atoms with Gasteiger partial charge in [-0.15, -0.1) is 0 Å². The van der Waals surface area contributed by atoms with Gasteiger partial charge in [-0.05, 0) is 86.4 Å². The summed E-state index contributed by atoms with van der Waals surface area (Å²) in [6.45, 7) is 9.38. The molecule has 1 aliphatic rings. The molecule has 3 rings (SSSR count). The highest BCUT2D eigenvalue weighted by Gasteiger charge is 2.32. The Hall–Kier alpha value is -2.84. The summed E-state index contributed by atoms with van der Waals surface area (Å²) in [5, 5.41) is 11.1. The number of nitrogens with two attached hydrogens (primary N) is 1. The molecule has 0 bridgehead atoms. The van der Waals surface area contributed by atoms with E-state index in [0.717, 1.165) is 50.2 Å². The molecule has 3 N–H and O–H groups in total. The topological polar surface area (TPSA) is 86.9 Å². The number of aryl methyl sites for hydroxylation is 1. The molecule has 0 aliphatic heterocycles. The molecule has 0 spiro atoms. The van der Waals surface area contributed by atoms with Crippen molar-refractivity contribution in [2.75, 3.05) is 19.6 Å². The fraction of sp³-hybridized carbons (Fsp3) is 0.562. The number of carbonyl (C=O) groups excluding carboxylic acids is 2. The van der Waals surface area contributed by atoms with Gasteiger partial charge in [-0.25, -0.2) is 8.78 Å². The maximum absolute atomic E-state index is 14.1. The van der Waals surface area contributed by atoms with E-state index in [2.05, 4.69) is 6.92 Å². The van der Waals surface area contributed by atoms with Gasteiger partial charge in [0.25, 0.3) is 11.8 Å². The van der Waals surface area contributed by atoms with E-state index >= 15 is 0 Å². The Bertz CT molecular complexity index is 1130. The lowest BCUT2D eigenvalue weighted by Gasteiger charge is -2.38. The molecule has 0 heterocycles. The Kier molecular flexibility index (Phi) is 11.6. The molecule has 6 nitrogen and oxygen atoms in total. The van der Waals surface area contributed by atoms with Crippen LogP contribution < -0.4 is 5.73 Å².